The number of hydrogen-bond donors (Lipinski definition) is 2. The van der Waals surface area contributed by atoms with Crippen LogP contribution in [0.3, 0.4) is 0 Å². The van der Waals surface area contributed by atoms with E-state index in [1.165, 1.54) is 23.1 Å². The quantitative estimate of drug-likeness (QED) is 0.646. The van der Waals surface area contributed by atoms with Gasteiger partial charge in [-0.3, -0.25) is 10.1 Å². The maximum atomic E-state index is 11.9. The lowest BCUT2D eigenvalue weighted by Gasteiger charge is -2.05. The summed E-state index contributed by atoms with van der Waals surface area (Å²) in [5.74, 6) is 0.0200. The van der Waals surface area contributed by atoms with E-state index in [0.717, 1.165) is 35.5 Å². The average Bonchev–Trinajstić information content (AvgIpc) is 3.04. The smallest absolute Gasteiger partial charge is 0.309 e. The fourth-order valence-electron chi connectivity index (χ4n) is 2.19. The zero-order valence-electron chi connectivity index (χ0n) is 11.3. The number of H-pyrrole nitrogens is 1. The minimum Gasteiger partial charge on any atom is -0.309 e. The van der Waals surface area contributed by atoms with Gasteiger partial charge in [0.2, 0.25) is 11.0 Å². The standard InChI is InChI=1S/C12H13N5O2S2/c1-6-16-17-12(21-6)14-9(18)5-20-10-7-3-2-4-8(7)13-11(19)15-10/h2-5H2,1H3,(H,13,15,19)(H,14,17,18). The number of hydrogen-bond acceptors (Lipinski definition) is 7. The number of rotatable bonds is 4. The largest absolute Gasteiger partial charge is 0.346 e. The molecule has 7 nitrogen and oxygen atoms in total. The molecule has 0 saturated carbocycles. The molecule has 1 aliphatic rings. The number of aromatic nitrogens is 4. The Hall–Kier alpha value is -1.74. The van der Waals surface area contributed by atoms with E-state index >= 15 is 0 Å². The van der Waals surface area contributed by atoms with Crippen molar-refractivity contribution in [1.29, 1.82) is 0 Å². The van der Waals surface area contributed by atoms with Crippen molar-refractivity contribution in [3.8, 4) is 0 Å². The number of fused-ring (bicyclic) bond motifs is 1. The van der Waals surface area contributed by atoms with E-state index in [4.69, 9.17) is 0 Å². The van der Waals surface area contributed by atoms with E-state index in [-0.39, 0.29) is 17.3 Å². The Balaban J connectivity index is 1.65. The molecule has 1 aliphatic carbocycles. The minimum atomic E-state index is -0.349. The molecule has 3 rings (SSSR count). The Morgan fingerprint density at radius 3 is 3.05 bits per heavy atom. The molecule has 2 aromatic heterocycles. The number of amides is 1. The van der Waals surface area contributed by atoms with Gasteiger partial charge in [-0.05, 0) is 26.2 Å². The molecule has 0 aliphatic heterocycles. The number of anilines is 1. The fraction of sp³-hybridized carbons (Fsp3) is 0.417. The maximum absolute atomic E-state index is 11.9. The van der Waals surface area contributed by atoms with Gasteiger partial charge in [-0.1, -0.05) is 23.1 Å². The van der Waals surface area contributed by atoms with Crippen LogP contribution < -0.4 is 11.0 Å². The summed E-state index contributed by atoms with van der Waals surface area (Å²) in [7, 11) is 0. The molecule has 21 heavy (non-hydrogen) atoms. The van der Waals surface area contributed by atoms with Crippen LogP contribution in [0.1, 0.15) is 22.7 Å². The van der Waals surface area contributed by atoms with Crippen molar-refractivity contribution in [2.24, 2.45) is 0 Å². The Morgan fingerprint density at radius 1 is 1.43 bits per heavy atom. The molecule has 0 radical (unpaired) electrons. The third-order valence-corrected chi connectivity index (χ3v) is 4.82. The second kappa shape index (κ2) is 5.94. The topological polar surface area (TPSA) is 101 Å². The lowest BCUT2D eigenvalue weighted by atomic mass is 10.3. The van der Waals surface area contributed by atoms with Crippen LogP contribution in [-0.2, 0) is 17.6 Å². The number of thioether (sulfide) groups is 1. The van der Waals surface area contributed by atoms with Crippen molar-refractivity contribution in [2.45, 2.75) is 31.2 Å². The van der Waals surface area contributed by atoms with Crippen molar-refractivity contribution < 1.29 is 4.79 Å². The highest BCUT2D eigenvalue weighted by molar-refractivity contribution is 8.00. The first-order valence-corrected chi connectivity index (χ1v) is 8.27. The van der Waals surface area contributed by atoms with Gasteiger partial charge >= 0.3 is 5.69 Å². The third-order valence-electron chi connectivity index (χ3n) is 3.05. The molecule has 0 spiro atoms. The summed E-state index contributed by atoms with van der Waals surface area (Å²) in [6.45, 7) is 1.82. The normalized spacial score (nSPS) is 13.2. The van der Waals surface area contributed by atoms with Crippen molar-refractivity contribution in [3.05, 3.63) is 26.7 Å². The molecular weight excluding hydrogens is 310 g/mol. The molecule has 0 saturated heterocycles. The molecule has 0 fully saturated rings. The van der Waals surface area contributed by atoms with Crippen LogP contribution in [0.5, 0.6) is 0 Å². The summed E-state index contributed by atoms with van der Waals surface area (Å²) >= 11 is 2.61. The van der Waals surface area contributed by atoms with E-state index in [1.54, 1.807) is 0 Å². The lowest BCUT2D eigenvalue weighted by Crippen LogP contribution is -2.17. The van der Waals surface area contributed by atoms with Crippen LogP contribution in [0.25, 0.3) is 0 Å². The summed E-state index contributed by atoms with van der Waals surface area (Å²) in [5, 5.41) is 12.3. The van der Waals surface area contributed by atoms with Gasteiger partial charge in [0.25, 0.3) is 0 Å². The molecular formula is C12H13N5O2S2. The first kappa shape index (κ1) is 14.2. The van der Waals surface area contributed by atoms with Gasteiger partial charge in [-0.2, -0.15) is 4.98 Å². The first-order valence-electron chi connectivity index (χ1n) is 6.46. The Bertz CT molecular complexity index is 739. The van der Waals surface area contributed by atoms with Gasteiger partial charge < -0.3 is 4.98 Å². The Labute approximate surface area is 128 Å². The second-order valence-electron chi connectivity index (χ2n) is 4.62. The van der Waals surface area contributed by atoms with Crippen molar-refractivity contribution in [1.82, 2.24) is 20.2 Å². The van der Waals surface area contributed by atoms with Gasteiger partial charge in [0.1, 0.15) is 10.0 Å². The maximum Gasteiger partial charge on any atom is 0.346 e. The molecule has 2 heterocycles. The van der Waals surface area contributed by atoms with E-state index < -0.39 is 0 Å². The van der Waals surface area contributed by atoms with Gasteiger partial charge in [0.15, 0.2) is 0 Å². The summed E-state index contributed by atoms with van der Waals surface area (Å²) in [5.41, 5.74) is 1.68. The number of aryl methyl sites for hydroxylation is 2. The Morgan fingerprint density at radius 2 is 2.29 bits per heavy atom. The average molecular weight is 323 g/mol. The van der Waals surface area contributed by atoms with Crippen molar-refractivity contribution in [2.75, 3.05) is 11.1 Å². The molecule has 110 valence electrons. The molecule has 0 bridgehead atoms. The lowest BCUT2D eigenvalue weighted by molar-refractivity contribution is -0.113. The first-order chi connectivity index (χ1) is 10.1. The van der Waals surface area contributed by atoms with Gasteiger partial charge in [0.05, 0.1) is 5.75 Å². The number of carbonyl (C=O) groups excluding carboxylic acids is 1. The van der Waals surface area contributed by atoms with Crippen molar-refractivity contribution >= 4 is 34.1 Å². The van der Waals surface area contributed by atoms with Crippen LogP contribution in [0.4, 0.5) is 5.13 Å². The zero-order valence-corrected chi connectivity index (χ0v) is 12.9. The van der Waals surface area contributed by atoms with E-state index in [0.29, 0.717) is 10.2 Å². The highest BCUT2D eigenvalue weighted by Crippen LogP contribution is 2.27. The second-order valence-corrected chi connectivity index (χ2v) is 6.77. The number of carbonyl (C=O) groups is 1. The SMILES string of the molecule is Cc1nnc(NC(=O)CSc2nc(=O)[nH]c3c2CCC3)s1. The summed E-state index contributed by atoms with van der Waals surface area (Å²) in [6.07, 6.45) is 2.79. The molecule has 0 unspecified atom stereocenters. The molecule has 2 aromatic rings. The molecule has 0 aromatic carbocycles. The molecule has 0 atom stereocenters. The zero-order chi connectivity index (χ0) is 14.8. The highest BCUT2D eigenvalue weighted by Gasteiger charge is 2.19. The van der Waals surface area contributed by atoms with Crippen LogP contribution in [0, 0.1) is 6.92 Å². The summed E-state index contributed by atoms with van der Waals surface area (Å²) < 4.78 is 0. The monoisotopic (exact) mass is 323 g/mol. The van der Waals surface area contributed by atoms with Gasteiger partial charge in [-0.25, -0.2) is 4.79 Å². The van der Waals surface area contributed by atoms with Crippen LogP contribution in [0.15, 0.2) is 9.82 Å². The predicted octanol–water partition coefficient (Wildman–Crippen LogP) is 1.15. The Kier molecular flexibility index (Phi) is 4.02. The van der Waals surface area contributed by atoms with E-state index in [1.807, 2.05) is 6.92 Å². The highest BCUT2D eigenvalue weighted by atomic mass is 32.2. The summed E-state index contributed by atoms with van der Waals surface area (Å²) in [4.78, 5) is 30.1. The van der Waals surface area contributed by atoms with Crippen LogP contribution in [0.2, 0.25) is 0 Å². The fourth-order valence-corrected chi connectivity index (χ4v) is 3.69. The van der Waals surface area contributed by atoms with Crippen molar-refractivity contribution in [3.63, 3.8) is 0 Å². The van der Waals surface area contributed by atoms with E-state index in [2.05, 4.69) is 25.5 Å². The van der Waals surface area contributed by atoms with Gasteiger partial charge in [-0.15, -0.1) is 10.2 Å². The minimum absolute atomic E-state index is 0.176. The van der Waals surface area contributed by atoms with Crippen LogP contribution >= 0.6 is 23.1 Å². The number of aromatic amines is 1. The number of nitrogens with zero attached hydrogens (tertiary/aromatic N) is 3. The third kappa shape index (κ3) is 3.30. The van der Waals surface area contributed by atoms with E-state index in [9.17, 15) is 9.59 Å². The number of nitrogens with one attached hydrogen (secondary N) is 2. The molecule has 2 N–H and O–H groups in total. The summed E-state index contributed by atoms with van der Waals surface area (Å²) in [6, 6.07) is 0. The predicted molar refractivity (Wildman–Crippen MR) is 80.9 cm³/mol. The molecule has 1 amide bonds. The van der Waals surface area contributed by atoms with Crippen LogP contribution in [-0.4, -0.2) is 31.8 Å². The molecule has 9 heteroatoms. The van der Waals surface area contributed by atoms with Gasteiger partial charge in [0, 0.05) is 11.3 Å².